The minimum absolute atomic E-state index is 0.166. The van der Waals surface area contributed by atoms with Crippen LogP contribution in [0.5, 0.6) is 0 Å². The lowest BCUT2D eigenvalue weighted by Crippen LogP contribution is -2.28. The van der Waals surface area contributed by atoms with Gasteiger partial charge in [-0.2, -0.15) is 17.9 Å². The summed E-state index contributed by atoms with van der Waals surface area (Å²) < 4.78 is 44.3. The molecule has 0 spiro atoms. The quantitative estimate of drug-likeness (QED) is 0.236. The highest BCUT2D eigenvalue weighted by molar-refractivity contribution is 6.31. The fraction of sp³-hybridized carbons (Fsp3) is 0.154. The molecule has 0 aliphatic carbocycles. The Balaban J connectivity index is 1.28. The molecule has 0 amide bonds. The summed E-state index contributed by atoms with van der Waals surface area (Å²) in [5.41, 5.74) is 2.43. The molecule has 0 radical (unpaired) electrons. The van der Waals surface area contributed by atoms with Crippen molar-refractivity contribution in [1.82, 2.24) is 39.7 Å². The molecule has 5 aromatic rings. The van der Waals surface area contributed by atoms with Gasteiger partial charge in [-0.25, -0.2) is 19.6 Å². The van der Waals surface area contributed by atoms with Crippen LogP contribution in [0.4, 0.5) is 13.2 Å². The van der Waals surface area contributed by atoms with E-state index in [1.807, 2.05) is 6.07 Å². The Morgan fingerprint density at radius 2 is 1.95 bits per heavy atom. The highest BCUT2D eigenvalue weighted by atomic mass is 35.5. The van der Waals surface area contributed by atoms with Crippen molar-refractivity contribution in [3.05, 3.63) is 93.6 Å². The number of carbonyl (C=O) groups excluding carboxylic acids is 2. The molecule has 1 aliphatic heterocycles. The Morgan fingerprint density at radius 3 is 2.71 bits per heavy atom. The van der Waals surface area contributed by atoms with Crippen molar-refractivity contribution in [3.8, 4) is 28.2 Å². The van der Waals surface area contributed by atoms with Gasteiger partial charge in [-0.05, 0) is 65.2 Å². The molecule has 0 saturated heterocycles. The summed E-state index contributed by atoms with van der Waals surface area (Å²) >= 11 is 6.26. The largest absolute Gasteiger partial charge is 0.491 e. The summed E-state index contributed by atoms with van der Waals surface area (Å²) in [5.74, 6) is -3.74. The van der Waals surface area contributed by atoms with E-state index in [4.69, 9.17) is 11.6 Å². The zero-order valence-corrected chi connectivity index (χ0v) is 21.8. The molecule has 1 N–H and O–H groups in total. The van der Waals surface area contributed by atoms with Gasteiger partial charge in [0.1, 0.15) is 17.8 Å². The number of hydrogen-bond donors (Lipinski definition) is 1. The normalized spacial score (nSPS) is 14.5. The lowest BCUT2D eigenvalue weighted by molar-refractivity contribution is -0.193. The first-order valence-electron chi connectivity index (χ1n) is 12.2. The van der Waals surface area contributed by atoms with Crippen LogP contribution in [0, 0.1) is 0 Å². The molecule has 42 heavy (non-hydrogen) atoms. The summed E-state index contributed by atoms with van der Waals surface area (Å²) in [5, 5.41) is 11.8. The topological polar surface area (TPSA) is 151 Å². The summed E-state index contributed by atoms with van der Waals surface area (Å²) in [7, 11) is 0. The number of rotatable bonds is 5. The second-order valence-corrected chi connectivity index (χ2v) is 9.62. The van der Waals surface area contributed by atoms with Crippen molar-refractivity contribution in [2.75, 3.05) is 0 Å². The van der Waals surface area contributed by atoms with E-state index in [0.29, 0.717) is 46.2 Å². The molecule has 1 aromatic carbocycles. The molecule has 16 heteroatoms. The van der Waals surface area contributed by atoms with Crippen LogP contribution >= 0.6 is 11.6 Å². The molecular weight excluding hydrogens is 581 g/mol. The third-order valence-corrected chi connectivity index (χ3v) is 6.80. The SMILES string of the molecule is O=C(OC(=O)C(F)(F)F)c1cccc(-c2cnc([C@@H]3CCc4cc(-c5cc(Cl)ccc5-n5cnnn5)cc(=O)n43)[nH]2)n1. The van der Waals surface area contributed by atoms with E-state index < -0.39 is 29.9 Å². The van der Waals surface area contributed by atoms with Gasteiger partial charge in [0.15, 0.2) is 0 Å². The number of benzene rings is 1. The minimum Gasteiger partial charge on any atom is -0.381 e. The third kappa shape index (κ3) is 5.05. The predicted molar refractivity (Wildman–Crippen MR) is 139 cm³/mol. The van der Waals surface area contributed by atoms with Gasteiger partial charge in [-0.3, -0.25) is 4.79 Å². The second-order valence-electron chi connectivity index (χ2n) is 9.18. The zero-order valence-electron chi connectivity index (χ0n) is 21.0. The fourth-order valence-corrected chi connectivity index (χ4v) is 4.92. The van der Waals surface area contributed by atoms with Crippen LogP contribution in [0.3, 0.4) is 0 Å². The lowest BCUT2D eigenvalue weighted by atomic mass is 10.0. The number of hydrogen-bond acceptors (Lipinski definition) is 9. The van der Waals surface area contributed by atoms with Crippen molar-refractivity contribution in [3.63, 3.8) is 0 Å². The van der Waals surface area contributed by atoms with Gasteiger partial charge in [0.05, 0.1) is 29.3 Å². The second kappa shape index (κ2) is 10.3. The molecule has 0 saturated carbocycles. The molecule has 212 valence electrons. The summed E-state index contributed by atoms with van der Waals surface area (Å²) in [6.07, 6.45) is -1.34. The first kappa shape index (κ1) is 27.0. The molecule has 1 aliphatic rings. The van der Waals surface area contributed by atoms with Gasteiger partial charge in [0.2, 0.25) is 0 Å². The number of halogens is 4. The van der Waals surface area contributed by atoms with E-state index in [-0.39, 0.29) is 11.3 Å². The van der Waals surface area contributed by atoms with E-state index in [1.54, 1.807) is 22.8 Å². The van der Waals surface area contributed by atoms with Gasteiger partial charge in [-0.1, -0.05) is 17.7 Å². The first-order valence-corrected chi connectivity index (χ1v) is 12.6. The number of pyridine rings is 2. The molecular formula is C26H16ClF3N8O4. The van der Waals surface area contributed by atoms with Crippen molar-refractivity contribution in [1.29, 1.82) is 0 Å². The minimum atomic E-state index is -5.33. The number of tetrazole rings is 1. The van der Waals surface area contributed by atoms with E-state index in [2.05, 4.69) is 35.2 Å². The molecule has 0 fully saturated rings. The van der Waals surface area contributed by atoms with Gasteiger partial charge < -0.3 is 14.3 Å². The Labute approximate surface area is 237 Å². The number of nitrogens with one attached hydrogen (secondary N) is 1. The van der Waals surface area contributed by atoms with Gasteiger partial charge in [0, 0.05) is 22.3 Å². The van der Waals surface area contributed by atoms with E-state index in [0.717, 1.165) is 11.8 Å². The number of aromatic nitrogens is 8. The number of nitrogens with zero attached hydrogens (tertiary/aromatic N) is 7. The Kier molecular flexibility index (Phi) is 6.65. The molecule has 1 atom stereocenters. The van der Waals surface area contributed by atoms with E-state index in [9.17, 15) is 27.6 Å². The van der Waals surface area contributed by atoms with Gasteiger partial charge in [-0.15, -0.1) is 5.10 Å². The number of aryl methyl sites for hydroxylation is 1. The van der Waals surface area contributed by atoms with Gasteiger partial charge in [0.25, 0.3) is 5.56 Å². The highest BCUT2D eigenvalue weighted by Gasteiger charge is 2.42. The fourth-order valence-electron chi connectivity index (χ4n) is 4.75. The number of ether oxygens (including phenoxy) is 1. The molecule has 4 aromatic heterocycles. The number of alkyl halides is 3. The Morgan fingerprint density at radius 1 is 1.12 bits per heavy atom. The maximum atomic E-state index is 13.4. The number of aromatic amines is 1. The Hall–Kier alpha value is -5.18. The van der Waals surface area contributed by atoms with Gasteiger partial charge >= 0.3 is 18.1 Å². The standard InChI is InChI=1S/C26H16ClF3N8O4/c27-14-4-6-20(37-12-32-35-36-37)16(10-14)13-8-15-5-7-21(38(15)22(39)9-13)23-31-11-19(34-23)17-2-1-3-18(33-17)24(40)42-25(41)26(28,29)30/h1-4,6,8-12,21H,5,7H2,(H,31,34)/t21-/m0/s1. The zero-order chi connectivity index (χ0) is 29.6. The smallest absolute Gasteiger partial charge is 0.381 e. The third-order valence-electron chi connectivity index (χ3n) is 6.56. The number of H-pyrrole nitrogens is 1. The summed E-state index contributed by atoms with van der Waals surface area (Å²) in [6, 6.07) is 12.1. The average molecular weight is 597 g/mol. The van der Waals surface area contributed by atoms with E-state index >= 15 is 0 Å². The number of esters is 2. The van der Waals surface area contributed by atoms with E-state index in [1.165, 1.54) is 35.4 Å². The monoisotopic (exact) mass is 596 g/mol. The van der Waals surface area contributed by atoms with Crippen LogP contribution in [0.2, 0.25) is 5.02 Å². The maximum Gasteiger partial charge on any atom is 0.491 e. The Bertz CT molecular complexity index is 1900. The van der Waals surface area contributed by atoms with Crippen molar-refractivity contribution < 1.29 is 27.5 Å². The van der Waals surface area contributed by atoms with Crippen LogP contribution in [0.15, 0.2) is 65.8 Å². The molecule has 5 heterocycles. The van der Waals surface area contributed by atoms with Crippen LogP contribution in [-0.4, -0.2) is 57.8 Å². The van der Waals surface area contributed by atoms with Crippen LogP contribution in [-0.2, 0) is 16.0 Å². The summed E-state index contributed by atoms with van der Waals surface area (Å²) in [4.78, 5) is 47.9. The van der Waals surface area contributed by atoms with Crippen molar-refractivity contribution >= 4 is 23.5 Å². The molecule has 6 rings (SSSR count). The number of carbonyl (C=O) groups is 2. The molecule has 0 bridgehead atoms. The first-order chi connectivity index (χ1) is 20.1. The maximum absolute atomic E-state index is 13.4. The van der Waals surface area contributed by atoms with Crippen LogP contribution in [0.1, 0.15) is 34.5 Å². The van der Waals surface area contributed by atoms with Crippen molar-refractivity contribution in [2.45, 2.75) is 25.1 Å². The molecule has 0 unspecified atom stereocenters. The summed E-state index contributed by atoms with van der Waals surface area (Å²) in [6.45, 7) is 0. The number of fused-ring (bicyclic) bond motifs is 1. The van der Waals surface area contributed by atoms with Crippen LogP contribution in [0.25, 0.3) is 28.2 Å². The number of imidazole rings is 1. The van der Waals surface area contributed by atoms with Crippen LogP contribution < -0.4 is 5.56 Å². The highest BCUT2D eigenvalue weighted by Crippen LogP contribution is 2.34. The van der Waals surface area contributed by atoms with Crippen molar-refractivity contribution in [2.24, 2.45) is 0 Å². The average Bonchev–Trinajstić information content (AvgIpc) is 3.73. The predicted octanol–water partition coefficient (Wildman–Crippen LogP) is 3.71. The molecule has 12 nitrogen and oxygen atoms in total. The lowest BCUT2D eigenvalue weighted by Gasteiger charge is -2.15.